The predicted octanol–water partition coefficient (Wildman–Crippen LogP) is 4.15. The average Bonchev–Trinajstić information content (AvgIpc) is 3.02. The smallest absolute Gasteiger partial charge is 0.170 e. The van der Waals surface area contributed by atoms with Gasteiger partial charge in [-0.3, -0.25) is 4.79 Å². The van der Waals surface area contributed by atoms with Gasteiger partial charge in [0.25, 0.3) is 0 Å². The molecular weight excluding hydrogens is 318 g/mol. The monoisotopic (exact) mass is 335 g/mol. The molecule has 0 aliphatic carbocycles. The zero-order valence-corrected chi connectivity index (χ0v) is 14.4. The summed E-state index contributed by atoms with van der Waals surface area (Å²) in [6.45, 7) is 6.13. The van der Waals surface area contributed by atoms with Gasteiger partial charge < -0.3 is 10.5 Å². The molecule has 1 aliphatic rings. The van der Waals surface area contributed by atoms with Crippen LogP contribution in [0.1, 0.15) is 33.3 Å². The third-order valence-corrected chi connectivity index (χ3v) is 5.97. The highest BCUT2D eigenvalue weighted by Crippen LogP contribution is 2.43. The van der Waals surface area contributed by atoms with Gasteiger partial charge in [0.15, 0.2) is 5.78 Å². The zero-order chi connectivity index (χ0) is 16.0. The highest BCUT2D eigenvalue weighted by molar-refractivity contribution is 7.17. The molecule has 0 radical (unpaired) electrons. The fourth-order valence-corrected chi connectivity index (χ4v) is 4.34. The van der Waals surface area contributed by atoms with Crippen LogP contribution < -0.4 is 10.5 Å². The summed E-state index contributed by atoms with van der Waals surface area (Å²) >= 11 is 7.91. The summed E-state index contributed by atoms with van der Waals surface area (Å²) in [7, 11) is 0. The number of halogens is 1. The largest absolute Gasteiger partial charge is 0.487 e. The lowest BCUT2D eigenvalue weighted by molar-refractivity contribution is 0.102. The van der Waals surface area contributed by atoms with Crippen molar-refractivity contribution in [1.29, 1.82) is 0 Å². The molecule has 1 aromatic heterocycles. The molecule has 3 nitrogen and oxygen atoms in total. The van der Waals surface area contributed by atoms with E-state index >= 15 is 0 Å². The predicted molar refractivity (Wildman–Crippen MR) is 91.4 cm³/mol. The van der Waals surface area contributed by atoms with Gasteiger partial charge in [0, 0.05) is 23.4 Å². The van der Waals surface area contributed by atoms with Gasteiger partial charge >= 0.3 is 0 Å². The van der Waals surface area contributed by atoms with Gasteiger partial charge in [0.1, 0.15) is 11.9 Å². The van der Waals surface area contributed by atoms with Crippen molar-refractivity contribution in [2.75, 3.05) is 6.54 Å². The minimum Gasteiger partial charge on any atom is -0.487 e. The number of Topliss-reactive ketones (excluding diaryl/α,β-unsaturated/α-hetero) is 1. The number of rotatable bonds is 3. The fourth-order valence-electron chi connectivity index (χ4n) is 2.86. The number of carbonyl (C=O) groups is 1. The molecule has 0 fully saturated rings. The number of ether oxygens (including phenoxy) is 1. The molecular formula is C17H18ClNO2S. The number of benzene rings is 1. The van der Waals surface area contributed by atoms with Crippen molar-refractivity contribution in [1.82, 2.24) is 0 Å². The Morgan fingerprint density at radius 1 is 1.41 bits per heavy atom. The van der Waals surface area contributed by atoms with E-state index in [4.69, 9.17) is 22.1 Å². The maximum absolute atomic E-state index is 11.7. The lowest BCUT2D eigenvalue weighted by Crippen LogP contribution is -2.24. The van der Waals surface area contributed by atoms with Crippen LogP contribution in [0.4, 0.5) is 0 Å². The van der Waals surface area contributed by atoms with Crippen molar-refractivity contribution < 1.29 is 9.53 Å². The first-order valence-corrected chi connectivity index (χ1v) is 8.42. The van der Waals surface area contributed by atoms with E-state index in [1.807, 2.05) is 19.9 Å². The molecule has 0 saturated heterocycles. The lowest BCUT2D eigenvalue weighted by atomic mass is 10.0. The fraction of sp³-hybridized carbons (Fsp3) is 0.353. The van der Waals surface area contributed by atoms with E-state index in [9.17, 15) is 4.79 Å². The molecule has 22 heavy (non-hydrogen) atoms. The Morgan fingerprint density at radius 3 is 2.73 bits per heavy atom. The van der Waals surface area contributed by atoms with E-state index in [0.717, 1.165) is 44.2 Å². The van der Waals surface area contributed by atoms with E-state index in [0.29, 0.717) is 11.6 Å². The Hall–Kier alpha value is -1.36. The normalized spacial score (nSPS) is 16.5. The van der Waals surface area contributed by atoms with Crippen LogP contribution in [0.15, 0.2) is 12.1 Å². The van der Waals surface area contributed by atoms with Crippen molar-refractivity contribution in [2.24, 2.45) is 5.73 Å². The standard InChI is InChI=1S/C17H18ClNO2S/c1-8-9(2)17(22-16(8)10(3)20)12-4-11-5-13(7-19)21-15(11)14(18)6-12/h4,6,13H,5,7,19H2,1-3H3. The minimum absolute atomic E-state index is 0.00157. The van der Waals surface area contributed by atoms with Crippen molar-refractivity contribution in [3.8, 4) is 16.2 Å². The summed E-state index contributed by atoms with van der Waals surface area (Å²) in [5, 5.41) is 0.610. The van der Waals surface area contributed by atoms with Crippen LogP contribution in [0.5, 0.6) is 5.75 Å². The summed E-state index contributed by atoms with van der Waals surface area (Å²) in [5.74, 6) is 0.856. The Labute approximate surface area is 139 Å². The molecule has 0 amide bonds. The SMILES string of the molecule is CC(=O)c1sc(-c2cc(Cl)c3c(c2)CC(CN)O3)c(C)c1C. The average molecular weight is 336 g/mol. The van der Waals surface area contributed by atoms with E-state index in [2.05, 4.69) is 6.07 Å². The highest BCUT2D eigenvalue weighted by atomic mass is 35.5. The second-order valence-electron chi connectivity index (χ2n) is 5.69. The summed E-state index contributed by atoms with van der Waals surface area (Å²) in [5.41, 5.74) is 10.0. The molecule has 1 atom stereocenters. The number of fused-ring (bicyclic) bond motifs is 1. The molecule has 2 heterocycles. The Kier molecular flexibility index (Phi) is 4.02. The van der Waals surface area contributed by atoms with Gasteiger partial charge in [0.05, 0.1) is 9.90 Å². The van der Waals surface area contributed by atoms with Crippen LogP contribution in [0.3, 0.4) is 0 Å². The first kappa shape index (κ1) is 15.5. The van der Waals surface area contributed by atoms with Crippen LogP contribution in [0.25, 0.3) is 10.4 Å². The van der Waals surface area contributed by atoms with Gasteiger partial charge in [0.2, 0.25) is 0 Å². The highest BCUT2D eigenvalue weighted by Gasteiger charge is 2.26. The molecule has 0 spiro atoms. The second-order valence-corrected chi connectivity index (χ2v) is 7.12. The lowest BCUT2D eigenvalue weighted by Gasteiger charge is -2.08. The molecule has 3 rings (SSSR count). The van der Waals surface area contributed by atoms with Crippen molar-refractivity contribution >= 4 is 28.7 Å². The third-order valence-electron chi connectivity index (χ3n) is 4.15. The molecule has 116 valence electrons. The molecule has 2 N–H and O–H groups in total. The van der Waals surface area contributed by atoms with E-state index < -0.39 is 0 Å². The Balaban J connectivity index is 2.10. The maximum atomic E-state index is 11.7. The van der Waals surface area contributed by atoms with Crippen LogP contribution in [-0.2, 0) is 6.42 Å². The number of thiophene rings is 1. The second kappa shape index (κ2) is 5.69. The van der Waals surface area contributed by atoms with E-state index in [1.165, 1.54) is 11.3 Å². The van der Waals surface area contributed by atoms with Crippen molar-refractivity contribution in [2.45, 2.75) is 33.3 Å². The third kappa shape index (κ3) is 2.45. The molecule has 0 saturated carbocycles. The van der Waals surface area contributed by atoms with Crippen molar-refractivity contribution in [3.05, 3.63) is 38.7 Å². The molecule has 1 aromatic carbocycles. The van der Waals surface area contributed by atoms with Gasteiger partial charge in [-0.1, -0.05) is 11.6 Å². The summed E-state index contributed by atoms with van der Waals surface area (Å²) < 4.78 is 5.77. The maximum Gasteiger partial charge on any atom is 0.170 e. The number of nitrogens with two attached hydrogens (primary N) is 1. The molecule has 0 bridgehead atoms. The van der Waals surface area contributed by atoms with Crippen LogP contribution in [-0.4, -0.2) is 18.4 Å². The van der Waals surface area contributed by atoms with E-state index in [-0.39, 0.29) is 11.9 Å². The zero-order valence-electron chi connectivity index (χ0n) is 12.8. The van der Waals surface area contributed by atoms with Crippen molar-refractivity contribution in [3.63, 3.8) is 0 Å². The first-order valence-electron chi connectivity index (χ1n) is 7.22. The number of carbonyl (C=O) groups excluding carboxylic acids is 1. The quantitative estimate of drug-likeness (QED) is 0.857. The minimum atomic E-state index is 0.00157. The topological polar surface area (TPSA) is 52.3 Å². The van der Waals surface area contributed by atoms with Gasteiger partial charge in [-0.2, -0.15) is 0 Å². The number of hydrogen-bond donors (Lipinski definition) is 1. The molecule has 1 unspecified atom stereocenters. The number of hydrogen-bond acceptors (Lipinski definition) is 4. The summed E-state index contributed by atoms with van der Waals surface area (Å²) in [6.07, 6.45) is 0.782. The first-order chi connectivity index (χ1) is 10.4. The summed E-state index contributed by atoms with van der Waals surface area (Å²) in [6, 6.07) is 4.03. The molecule has 5 heteroatoms. The molecule has 1 aliphatic heterocycles. The van der Waals surface area contributed by atoms with Gasteiger partial charge in [-0.25, -0.2) is 0 Å². The number of ketones is 1. The Morgan fingerprint density at radius 2 is 2.14 bits per heavy atom. The van der Waals surface area contributed by atoms with Crippen LogP contribution in [0.2, 0.25) is 5.02 Å². The summed E-state index contributed by atoms with van der Waals surface area (Å²) in [4.78, 5) is 13.7. The van der Waals surface area contributed by atoms with Gasteiger partial charge in [-0.05, 0) is 49.6 Å². The van der Waals surface area contributed by atoms with Crippen LogP contribution >= 0.6 is 22.9 Å². The van der Waals surface area contributed by atoms with Crippen LogP contribution in [0, 0.1) is 13.8 Å². The van der Waals surface area contributed by atoms with E-state index in [1.54, 1.807) is 6.92 Å². The van der Waals surface area contributed by atoms with Gasteiger partial charge in [-0.15, -0.1) is 11.3 Å². The molecule has 2 aromatic rings. The Bertz CT molecular complexity index is 767.